The zero-order valence-corrected chi connectivity index (χ0v) is 12.5. The Balaban J connectivity index is 2.13. The van der Waals surface area contributed by atoms with Gasteiger partial charge in [0.2, 0.25) is 10.0 Å². The van der Waals surface area contributed by atoms with E-state index in [1.54, 1.807) is 19.1 Å². The first kappa shape index (κ1) is 15.3. The molecule has 1 fully saturated rings. The van der Waals surface area contributed by atoms with Crippen LogP contribution in [0.15, 0.2) is 23.1 Å². The van der Waals surface area contributed by atoms with Gasteiger partial charge in [-0.2, -0.15) is 0 Å². The van der Waals surface area contributed by atoms with Crippen molar-refractivity contribution in [2.45, 2.75) is 49.5 Å². The van der Waals surface area contributed by atoms with Gasteiger partial charge in [0.1, 0.15) is 0 Å². The molecule has 0 spiro atoms. The van der Waals surface area contributed by atoms with E-state index in [2.05, 4.69) is 4.72 Å². The van der Waals surface area contributed by atoms with Crippen LogP contribution in [0.5, 0.6) is 0 Å². The molecule has 20 heavy (non-hydrogen) atoms. The summed E-state index contributed by atoms with van der Waals surface area (Å²) in [5, 5.41) is 10.4. The summed E-state index contributed by atoms with van der Waals surface area (Å²) in [4.78, 5) is 0.178. The fourth-order valence-electron chi connectivity index (χ4n) is 2.60. The number of nitrogens with two attached hydrogens (primary N) is 1. The number of nitrogens with one attached hydrogen (secondary N) is 1. The average Bonchev–Trinajstić information content (AvgIpc) is 2.40. The van der Waals surface area contributed by atoms with Gasteiger partial charge in [-0.15, -0.1) is 0 Å². The molecule has 0 atom stereocenters. The predicted molar refractivity (Wildman–Crippen MR) is 78.8 cm³/mol. The van der Waals surface area contributed by atoms with E-state index in [0.717, 1.165) is 19.3 Å². The monoisotopic (exact) mass is 298 g/mol. The number of aryl methyl sites for hydroxylation is 1. The minimum atomic E-state index is -3.64. The van der Waals surface area contributed by atoms with Gasteiger partial charge >= 0.3 is 0 Å². The van der Waals surface area contributed by atoms with Crippen molar-refractivity contribution >= 4 is 15.7 Å². The maximum atomic E-state index is 12.3. The quantitative estimate of drug-likeness (QED) is 0.735. The molecular weight excluding hydrogens is 276 g/mol. The third-order valence-corrected chi connectivity index (χ3v) is 5.42. The van der Waals surface area contributed by atoms with Gasteiger partial charge in [0.15, 0.2) is 0 Å². The van der Waals surface area contributed by atoms with Crippen LogP contribution in [0.2, 0.25) is 0 Å². The summed E-state index contributed by atoms with van der Waals surface area (Å²) in [5.74, 6) is 0. The number of hydrogen-bond donors (Lipinski definition) is 3. The zero-order valence-electron chi connectivity index (χ0n) is 11.7. The molecule has 0 aromatic heterocycles. The van der Waals surface area contributed by atoms with Crippen LogP contribution in [0, 0.1) is 6.92 Å². The Kier molecular flexibility index (Phi) is 4.36. The number of nitrogen functional groups attached to an aromatic ring is 1. The van der Waals surface area contributed by atoms with Crippen molar-refractivity contribution in [1.29, 1.82) is 0 Å². The average molecular weight is 298 g/mol. The van der Waals surface area contributed by atoms with Gasteiger partial charge in [-0.3, -0.25) is 0 Å². The lowest BCUT2D eigenvalue weighted by molar-refractivity contribution is 0.00945. The van der Waals surface area contributed by atoms with Gasteiger partial charge < -0.3 is 10.8 Å². The van der Waals surface area contributed by atoms with Crippen molar-refractivity contribution in [1.82, 2.24) is 4.72 Å². The Morgan fingerprint density at radius 1 is 1.30 bits per heavy atom. The summed E-state index contributed by atoms with van der Waals surface area (Å²) >= 11 is 0. The predicted octanol–water partition coefficient (Wildman–Crippen LogP) is 1.55. The molecule has 0 unspecified atom stereocenters. The maximum absolute atomic E-state index is 12.3. The standard InChI is InChI=1S/C14H22N2O3S/c1-11-5-6-12(15)9-13(11)20(18,19)16-10-14(17)7-3-2-4-8-14/h5-6,9,16-17H,2-4,7-8,10,15H2,1H3. The molecule has 1 aromatic rings. The summed E-state index contributed by atoms with van der Waals surface area (Å²) in [6.07, 6.45) is 4.27. The Hall–Kier alpha value is -1.11. The smallest absolute Gasteiger partial charge is 0.241 e. The largest absolute Gasteiger partial charge is 0.399 e. The highest BCUT2D eigenvalue weighted by Gasteiger charge is 2.31. The summed E-state index contributed by atoms with van der Waals surface area (Å²) in [7, 11) is -3.64. The molecule has 6 heteroatoms. The summed E-state index contributed by atoms with van der Waals surface area (Å²) < 4.78 is 27.1. The molecular formula is C14H22N2O3S. The topological polar surface area (TPSA) is 92.4 Å². The van der Waals surface area contributed by atoms with Crippen molar-refractivity contribution in [2.75, 3.05) is 12.3 Å². The Morgan fingerprint density at radius 2 is 1.95 bits per heavy atom. The van der Waals surface area contributed by atoms with Crippen LogP contribution in [-0.2, 0) is 10.0 Å². The fraction of sp³-hybridized carbons (Fsp3) is 0.571. The number of sulfonamides is 1. The number of rotatable bonds is 4. The van der Waals surface area contributed by atoms with Crippen molar-refractivity contribution in [2.24, 2.45) is 0 Å². The molecule has 1 aromatic carbocycles. The molecule has 5 nitrogen and oxygen atoms in total. The van der Waals surface area contributed by atoms with E-state index in [-0.39, 0.29) is 11.4 Å². The van der Waals surface area contributed by atoms with Crippen LogP contribution < -0.4 is 10.5 Å². The van der Waals surface area contributed by atoms with Crippen molar-refractivity contribution in [3.05, 3.63) is 23.8 Å². The Labute approximate surface area is 120 Å². The molecule has 1 aliphatic carbocycles. The molecule has 0 bridgehead atoms. The number of anilines is 1. The zero-order chi connectivity index (χ0) is 14.8. The van der Waals surface area contributed by atoms with Gasteiger partial charge in [-0.25, -0.2) is 13.1 Å². The minimum Gasteiger partial charge on any atom is -0.399 e. The Bertz CT molecular complexity index is 578. The lowest BCUT2D eigenvalue weighted by Gasteiger charge is -2.32. The fourth-order valence-corrected chi connectivity index (χ4v) is 4.00. The van der Waals surface area contributed by atoms with Gasteiger partial charge in [-0.05, 0) is 37.5 Å². The van der Waals surface area contributed by atoms with Crippen LogP contribution in [-0.4, -0.2) is 25.7 Å². The molecule has 0 radical (unpaired) electrons. The first-order valence-corrected chi connectivity index (χ1v) is 8.39. The summed E-state index contributed by atoms with van der Waals surface area (Å²) in [6, 6.07) is 4.80. The lowest BCUT2D eigenvalue weighted by atomic mass is 9.85. The van der Waals surface area contributed by atoms with E-state index in [4.69, 9.17) is 5.73 Å². The molecule has 112 valence electrons. The molecule has 0 heterocycles. The highest BCUT2D eigenvalue weighted by atomic mass is 32.2. The Morgan fingerprint density at radius 3 is 2.60 bits per heavy atom. The highest BCUT2D eigenvalue weighted by molar-refractivity contribution is 7.89. The SMILES string of the molecule is Cc1ccc(N)cc1S(=O)(=O)NCC1(O)CCCCC1. The van der Waals surface area contributed by atoms with Crippen LogP contribution >= 0.6 is 0 Å². The van der Waals surface area contributed by atoms with Crippen LogP contribution in [0.1, 0.15) is 37.7 Å². The number of hydrogen-bond acceptors (Lipinski definition) is 4. The van der Waals surface area contributed by atoms with Crippen molar-refractivity contribution < 1.29 is 13.5 Å². The molecule has 0 amide bonds. The maximum Gasteiger partial charge on any atom is 0.241 e. The van der Waals surface area contributed by atoms with E-state index in [1.165, 1.54) is 6.07 Å². The third-order valence-electron chi connectivity index (χ3n) is 3.88. The van der Waals surface area contributed by atoms with E-state index in [9.17, 15) is 13.5 Å². The highest BCUT2D eigenvalue weighted by Crippen LogP contribution is 2.28. The van der Waals surface area contributed by atoms with Gasteiger partial charge in [-0.1, -0.05) is 25.3 Å². The first-order valence-electron chi connectivity index (χ1n) is 6.91. The van der Waals surface area contributed by atoms with E-state index in [0.29, 0.717) is 24.1 Å². The first-order chi connectivity index (χ1) is 9.32. The normalized spacial score (nSPS) is 18.9. The van der Waals surface area contributed by atoms with Crippen LogP contribution in [0.25, 0.3) is 0 Å². The molecule has 0 aliphatic heterocycles. The van der Waals surface area contributed by atoms with Crippen LogP contribution in [0.3, 0.4) is 0 Å². The van der Waals surface area contributed by atoms with Gasteiger partial charge in [0.05, 0.1) is 10.5 Å². The molecule has 0 saturated heterocycles. The molecule has 1 saturated carbocycles. The van der Waals surface area contributed by atoms with Crippen molar-refractivity contribution in [3.8, 4) is 0 Å². The second kappa shape index (κ2) is 5.71. The lowest BCUT2D eigenvalue weighted by Crippen LogP contribution is -2.44. The molecule has 4 N–H and O–H groups in total. The van der Waals surface area contributed by atoms with Gasteiger partial charge in [0.25, 0.3) is 0 Å². The van der Waals surface area contributed by atoms with Crippen LogP contribution in [0.4, 0.5) is 5.69 Å². The summed E-state index contributed by atoms with van der Waals surface area (Å²) in [5.41, 5.74) is 5.78. The molecule has 1 aliphatic rings. The van der Waals surface area contributed by atoms with Gasteiger partial charge in [0, 0.05) is 12.2 Å². The third kappa shape index (κ3) is 3.50. The second-order valence-electron chi connectivity index (χ2n) is 5.63. The van der Waals surface area contributed by atoms with E-state index in [1.807, 2.05) is 0 Å². The summed E-state index contributed by atoms with van der Waals surface area (Å²) in [6.45, 7) is 1.78. The number of aliphatic hydroxyl groups is 1. The van der Waals surface area contributed by atoms with E-state index >= 15 is 0 Å². The number of benzene rings is 1. The van der Waals surface area contributed by atoms with Crippen molar-refractivity contribution in [3.63, 3.8) is 0 Å². The minimum absolute atomic E-state index is 0.0591. The second-order valence-corrected chi connectivity index (χ2v) is 7.37. The van der Waals surface area contributed by atoms with E-state index < -0.39 is 15.6 Å². The molecule has 2 rings (SSSR count).